The Morgan fingerprint density at radius 1 is 1.08 bits per heavy atom. The lowest BCUT2D eigenvalue weighted by molar-refractivity contribution is -0.137. The van der Waals surface area contributed by atoms with Gasteiger partial charge in [0.2, 0.25) is 0 Å². The number of hydrogen-bond acceptors (Lipinski definition) is 2. The summed E-state index contributed by atoms with van der Waals surface area (Å²) in [5, 5.41) is 10.9. The lowest BCUT2D eigenvalue weighted by Gasteiger charge is -2.39. The summed E-state index contributed by atoms with van der Waals surface area (Å²) in [5.74, 6) is -0.116. The zero-order valence-corrected chi connectivity index (χ0v) is 14.4. The van der Waals surface area contributed by atoms with Gasteiger partial charge in [-0.2, -0.15) is 13.2 Å². The minimum Gasteiger partial charge on any atom is -0.385 e. The lowest BCUT2D eigenvalue weighted by Crippen LogP contribution is -2.45. The number of likely N-dealkylation sites (tertiary alicyclic amines) is 1. The van der Waals surface area contributed by atoms with Crippen molar-refractivity contribution >= 4 is 5.91 Å². The van der Waals surface area contributed by atoms with E-state index in [1.165, 1.54) is 12.1 Å². The highest BCUT2D eigenvalue weighted by molar-refractivity contribution is 5.95. The van der Waals surface area contributed by atoms with E-state index in [9.17, 15) is 23.1 Å². The normalized spacial score (nSPS) is 17.2. The second-order valence-corrected chi connectivity index (χ2v) is 6.72. The van der Waals surface area contributed by atoms with Gasteiger partial charge in [-0.3, -0.25) is 4.79 Å². The van der Waals surface area contributed by atoms with Crippen LogP contribution in [0.4, 0.5) is 13.2 Å². The summed E-state index contributed by atoms with van der Waals surface area (Å²) in [4.78, 5) is 14.3. The van der Waals surface area contributed by atoms with Gasteiger partial charge in [-0.25, -0.2) is 0 Å². The Hall–Kier alpha value is -2.34. The second-order valence-electron chi connectivity index (χ2n) is 6.72. The molecule has 2 aromatic rings. The number of carbonyl (C=O) groups excluding carboxylic acids is 1. The standard InChI is InChI=1S/C20H20F3NO2/c1-14-5-2-3-8-17(14)18(25)24-11-9-19(26,10-12-24)15-6-4-7-16(13-15)20(21,22)23/h2-8,13,26H,9-12H2,1H3. The Kier molecular flexibility index (Phi) is 4.80. The van der Waals surface area contributed by atoms with Crippen LogP contribution in [-0.4, -0.2) is 29.0 Å². The Morgan fingerprint density at radius 3 is 2.35 bits per heavy atom. The average Bonchev–Trinajstić information content (AvgIpc) is 2.62. The molecule has 1 aliphatic heterocycles. The molecule has 1 fully saturated rings. The van der Waals surface area contributed by atoms with Crippen molar-refractivity contribution < 1.29 is 23.1 Å². The highest BCUT2D eigenvalue weighted by atomic mass is 19.4. The number of amides is 1. The molecule has 1 heterocycles. The number of alkyl halides is 3. The highest BCUT2D eigenvalue weighted by Gasteiger charge is 2.38. The first-order chi connectivity index (χ1) is 12.2. The highest BCUT2D eigenvalue weighted by Crippen LogP contribution is 2.37. The van der Waals surface area contributed by atoms with Gasteiger partial charge < -0.3 is 10.0 Å². The molecule has 1 N–H and O–H groups in total. The third-order valence-electron chi connectivity index (χ3n) is 4.98. The zero-order chi connectivity index (χ0) is 18.9. The number of halogens is 3. The first-order valence-corrected chi connectivity index (χ1v) is 8.46. The number of aryl methyl sites for hydroxylation is 1. The van der Waals surface area contributed by atoms with Gasteiger partial charge in [0.1, 0.15) is 0 Å². The third-order valence-corrected chi connectivity index (χ3v) is 4.98. The SMILES string of the molecule is Cc1ccccc1C(=O)N1CCC(O)(c2cccc(C(F)(F)F)c2)CC1. The van der Waals surface area contributed by atoms with Crippen molar-refractivity contribution in [3.63, 3.8) is 0 Å². The van der Waals surface area contributed by atoms with E-state index in [4.69, 9.17) is 0 Å². The number of carbonyl (C=O) groups is 1. The van der Waals surface area contributed by atoms with E-state index in [1.807, 2.05) is 19.1 Å². The maximum atomic E-state index is 12.9. The van der Waals surface area contributed by atoms with Crippen molar-refractivity contribution in [1.29, 1.82) is 0 Å². The summed E-state index contributed by atoms with van der Waals surface area (Å²) in [6, 6.07) is 12.1. The van der Waals surface area contributed by atoms with Gasteiger partial charge >= 0.3 is 6.18 Å². The molecule has 0 bridgehead atoms. The van der Waals surface area contributed by atoms with Crippen LogP contribution in [0.25, 0.3) is 0 Å². The molecule has 138 valence electrons. The van der Waals surface area contributed by atoms with Crippen LogP contribution in [0, 0.1) is 6.92 Å². The molecule has 1 saturated heterocycles. The van der Waals surface area contributed by atoms with Crippen LogP contribution in [0.15, 0.2) is 48.5 Å². The fraction of sp³-hybridized carbons (Fsp3) is 0.350. The molecule has 0 aliphatic carbocycles. The third kappa shape index (κ3) is 3.60. The largest absolute Gasteiger partial charge is 0.416 e. The summed E-state index contributed by atoms with van der Waals surface area (Å²) in [6.07, 6.45) is -4.05. The van der Waals surface area contributed by atoms with Gasteiger partial charge in [0.15, 0.2) is 0 Å². The van der Waals surface area contributed by atoms with Crippen molar-refractivity contribution in [3.8, 4) is 0 Å². The number of rotatable bonds is 2. The van der Waals surface area contributed by atoms with Crippen molar-refractivity contribution in [1.82, 2.24) is 4.90 Å². The summed E-state index contributed by atoms with van der Waals surface area (Å²) in [5.41, 5.74) is -0.408. The Labute approximate surface area is 150 Å². The van der Waals surface area contributed by atoms with Gasteiger partial charge in [0.05, 0.1) is 11.2 Å². The van der Waals surface area contributed by atoms with Gasteiger partial charge in [0, 0.05) is 18.7 Å². The van der Waals surface area contributed by atoms with E-state index in [0.717, 1.165) is 17.7 Å². The first kappa shape index (κ1) is 18.5. The Morgan fingerprint density at radius 2 is 1.73 bits per heavy atom. The predicted molar refractivity (Wildman–Crippen MR) is 91.7 cm³/mol. The van der Waals surface area contributed by atoms with Crippen LogP contribution in [0.2, 0.25) is 0 Å². The molecule has 0 unspecified atom stereocenters. The van der Waals surface area contributed by atoms with Gasteiger partial charge in [-0.05, 0) is 49.1 Å². The molecule has 6 heteroatoms. The number of hydrogen-bond donors (Lipinski definition) is 1. The molecule has 0 radical (unpaired) electrons. The Bertz CT molecular complexity index is 809. The molecule has 1 aliphatic rings. The molecule has 1 amide bonds. The predicted octanol–water partition coefficient (Wildman–Crippen LogP) is 4.14. The maximum absolute atomic E-state index is 12.9. The summed E-state index contributed by atoms with van der Waals surface area (Å²) >= 11 is 0. The Balaban J connectivity index is 1.75. The van der Waals surface area contributed by atoms with Crippen LogP contribution in [0.3, 0.4) is 0 Å². The molecule has 2 aromatic carbocycles. The molecule has 0 aromatic heterocycles. The molecule has 0 saturated carbocycles. The van der Waals surface area contributed by atoms with Gasteiger partial charge in [-0.15, -0.1) is 0 Å². The van der Waals surface area contributed by atoms with E-state index in [1.54, 1.807) is 17.0 Å². The van der Waals surface area contributed by atoms with Gasteiger partial charge in [-0.1, -0.05) is 30.3 Å². The molecular formula is C20H20F3NO2. The van der Waals surface area contributed by atoms with Crippen molar-refractivity contribution in [2.24, 2.45) is 0 Å². The fourth-order valence-corrected chi connectivity index (χ4v) is 3.34. The van der Waals surface area contributed by atoms with Crippen LogP contribution in [-0.2, 0) is 11.8 Å². The van der Waals surface area contributed by atoms with E-state index in [-0.39, 0.29) is 24.3 Å². The smallest absolute Gasteiger partial charge is 0.385 e. The topological polar surface area (TPSA) is 40.5 Å². The number of nitrogens with zero attached hydrogens (tertiary/aromatic N) is 1. The fourth-order valence-electron chi connectivity index (χ4n) is 3.34. The van der Waals surface area contributed by atoms with Crippen LogP contribution in [0.1, 0.15) is 39.9 Å². The number of benzene rings is 2. The first-order valence-electron chi connectivity index (χ1n) is 8.46. The van der Waals surface area contributed by atoms with E-state index < -0.39 is 17.3 Å². The van der Waals surface area contributed by atoms with Crippen LogP contribution >= 0.6 is 0 Å². The monoisotopic (exact) mass is 363 g/mol. The van der Waals surface area contributed by atoms with Crippen molar-refractivity contribution in [3.05, 3.63) is 70.8 Å². The van der Waals surface area contributed by atoms with Gasteiger partial charge in [0.25, 0.3) is 5.91 Å². The van der Waals surface area contributed by atoms with Crippen molar-refractivity contribution in [2.45, 2.75) is 31.5 Å². The molecule has 26 heavy (non-hydrogen) atoms. The van der Waals surface area contributed by atoms with Crippen LogP contribution in [0.5, 0.6) is 0 Å². The maximum Gasteiger partial charge on any atom is 0.416 e. The minimum atomic E-state index is -4.45. The minimum absolute atomic E-state index is 0.116. The van der Waals surface area contributed by atoms with E-state index in [2.05, 4.69) is 0 Å². The summed E-state index contributed by atoms with van der Waals surface area (Å²) in [7, 11) is 0. The molecule has 3 nitrogen and oxygen atoms in total. The summed E-state index contributed by atoms with van der Waals surface area (Å²) in [6.45, 7) is 2.44. The molecular weight excluding hydrogens is 343 g/mol. The lowest BCUT2D eigenvalue weighted by atomic mass is 9.83. The number of piperidine rings is 1. The second kappa shape index (κ2) is 6.76. The van der Waals surface area contributed by atoms with E-state index in [0.29, 0.717) is 18.7 Å². The summed E-state index contributed by atoms with van der Waals surface area (Å²) < 4.78 is 38.8. The number of aliphatic hydroxyl groups is 1. The zero-order valence-electron chi connectivity index (χ0n) is 14.4. The molecule has 0 spiro atoms. The average molecular weight is 363 g/mol. The molecule has 3 rings (SSSR count). The molecule has 0 atom stereocenters. The van der Waals surface area contributed by atoms with Crippen molar-refractivity contribution in [2.75, 3.05) is 13.1 Å². The van der Waals surface area contributed by atoms with Crippen LogP contribution < -0.4 is 0 Å². The quantitative estimate of drug-likeness (QED) is 0.871. The van der Waals surface area contributed by atoms with E-state index >= 15 is 0 Å².